The van der Waals surface area contributed by atoms with Crippen molar-refractivity contribution >= 4 is 11.6 Å². The third-order valence-electron chi connectivity index (χ3n) is 4.19. The number of anilines is 1. The maximum Gasteiger partial charge on any atom is 0.255 e. The van der Waals surface area contributed by atoms with Crippen molar-refractivity contribution < 1.29 is 9.90 Å². The molecule has 0 aliphatic rings. The van der Waals surface area contributed by atoms with Crippen LogP contribution in [0.15, 0.2) is 54.7 Å². The zero-order valence-electron chi connectivity index (χ0n) is 15.4. The topological polar surface area (TPSA) is 92.1 Å². The molecule has 1 heterocycles. The fraction of sp³-hybridized carbons (Fsp3) is 0.250. The molecule has 0 fully saturated rings. The Morgan fingerprint density at radius 1 is 1.22 bits per heavy atom. The van der Waals surface area contributed by atoms with Gasteiger partial charge in [-0.25, -0.2) is 4.68 Å². The molecule has 1 amide bonds. The number of carbonyl (C=O) groups excluding carboxylic acids is 1. The molecule has 0 radical (unpaired) electrons. The summed E-state index contributed by atoms with van der Waals surface area (Å²) in [4.78, 5) is 12.6. The molecule has 1 atom stereocenters. The molecule has 0 aliphatic heterocycles. The Balaban J connectivity index is 1.79. The summed E-state index contributed by atoms with van der Waals surface area (Å²) in [5.74, 6) is -0.169. The van der Waals surface area contributed by atoms with Gasteiger partial charge < -0.3 is 15.7 Å². The first kappa shape index (κ1) is 18.8. The number of benzene rings is 2. The summed E-state index contributed by atoms with van der Waals surface area (Å²) in [6.07, 6.45) is 1.22. The minimum absolute atomic E-state index is 0.169. The van der Waals surface area contributed by atoms with Crippen molar-refractivity contribution in [3.8, 4) is 11.3 Å². The van der Waals surface area contributed by atoms with Crippen LogP contribution >= 0.6 is 0 Å². The fourth-order valence-corrected chi connectivity index (χ4v) is 2.78. The van der Waals surface area contributed by atoms with Gasteiger partial charge in [-0.3, -0.25) is 4.79 Å². The molecule has 0 spiro atoms. The van der Waals surface area contributed by atoms with Crippen molar-refractivity contribution in [2.45, 2.75) is 19.6 Å². The third kappa shape index (κ3) is 4.78. The van der Waals surface area contributed by atoms with E-state index in [4.69, 9.17) is 0 Å². The van der Waals surface area contributed by atoms with E-state index in [0.717, 1.165) is 16.8 Å². The lowest BCUT2D eigenvalue weighted by molar-refractivity contribution is 0.102. The molecule has 0 aliphatic carbocycles. The molecule has 1 unspecified atom stereocenters. The fourth-order valence-electron chi connectivity index (χ4n) is 2.78. The van der Waals surface area contributed by atoms with E-state index in [2.05, 4.69) is 20.9 Å². The van der Waals surface area contributed by atoms with Crippen LogP contribution in [0.3, 0.4) is 0 Å². The Bertz CT molecular complexity index is 908. The second kappa shape index (κ2) is 8.57. The number of para-hydroxylation sites is 1. The highest BCUT2D eigenvalue weighted by atomic mass is 16.3. The first-order valence-electron chi connectivity index (χ1n) is 8.77. The van der Waals surface area contributed by atoms with Crippen LogP contribution in [0, 0.1) is 6.92 Å². The van der Waals surface area contributed by atoms with Gasteiger partial charge in [0.05, 0.1) is 18.8 Å². The number of nitrogens with zero attached hydrogens (tertiary/aromatic N) is 3. The zero-order valence-corrected chi connectivity index (χ0v) is 15.4. The van der Waals surface area contributed by atoms with Crippen LogP contribution in [0.2, 0.25) is 0 Å². The molecule has 2 aromatic carbocycles. The highest BCUT2D eigenvalue weighted by Crippen LogP contribution is 2.21. The summed E-state index contributed by atoms with van der Waals surface area (Å²) in [5, 5.41) is 23.9. The molecule has 3 N–H and O–H groups in total. The maximum absolute atomic E-state index is 12.6. The van der Waals surface area contributed by atoms with Crippen LogP contribution in [0.4, 0.5) is 5.69 Å². The van der Waals surface area contributed by atoms with Crippen molar-refractivity contribution in [3.05, 3.63) is 65.9 Å². The van der Waals surface area contributed by atoms with Gasteiger partial charge in [0.2, 0.25) is 0 Å². The molecular weight excluding hydrogens is 342 g/mol. The number of hydrogen-bond donors (Lipinski definition) is 3. The van der Waals surface area contributed by atoms with Gasteiger partial charge in [0.1, 0.15) is 5.69 Å². The molecule has 0 saturated heterocycles. The number of aliphatic hydroxyl groups is 1. The van der Waals surface area contributed by atoms with Gasteiger partial charge in [-0.2, -0.15) is 0 Å². The number of rotatable bonds is 7. The lowest BCUT2D eigenvalue weighted by Crippen LogP contribution is -2.28. The highest BCUT2D eigenvalue weighted by molar-refractivity contribution is 6.05. The summed E-state index contributed by atoms with van der Waals surface area (Å²) in [7, 11) is 1.78. The van der Waals surface area contributed by atoms with Crippen molar-refractivity contribution in [2.24, 2.45) is 0 Å². The van der Waals surface area contributed by atoms with Crippen molar-refractivity contribution in [1.82, 2.24) is 20.3 Å². The average molecular weight is 365 g/mol. The predicted molar refractivity (Wildman–Crippen MR) is 105 cm³/mol. The van der Waals surface area contributed by atoms with Crippen LogP contribution in [0.1, 0.15) is 15.9 Å². The number of aromatic nitrogens is 3. The first-order valence-corrected chi connectivity index (χ1v) is 8.77. The Labute approximate surface area is 158 Å². The average Bonchev–Trinajstić information content (AvgIpc) is 3.11. The third-order valence-corrected chi connectivity index (χ3v) is 4.19. The van der Waals surface area contributed by atoms with E-state index in [1.165, 1.54) is 0 Å². The minimum Gasteiger partial charge on any atom is -0.390 e. The number of aliphatic hydroxyl groups excluding tert-OH is 1. The van der Waals surface area contributed by atoms with Crippen LogP contribution in [-0.2, 0) is 6.54 Å². The van der Waals surface area contributed by atoms with Gasteiger partial charge in [0.15, 0.2) is 0 Å². The summed E-state index contributed by atoms with van der Waals surface area (Å²) < 4.78 is 1.60. The molecule has 1 aromatic heterocycles. The van der Waals surface area contributed by atoms with Crippen LogP contribution in [0.5, 0.6) is 0 Å². The van der Waals surface area contributed by atoms with E-state index >= 15 is 0 Å². The largest absolute Gasteiger partial charge is 0.390 e. The van der Waals surface area contributed by atoms with E-state index in [9.17, 15) is 9.90 Å². The second-order valence-electron chi connectivity index (χ2n) is 6.39. The van der Waals surface area contributed by atoms with Gasteiger partial charge in [0.25, 0.3) is 5.91 Å². The predicted octanol–water partition coefficient (Wildman–Crippen LogP) is 2.09. The van der Waals surface area contributed by atoms with Crippen molar-refractivity contribution in [1.29, 1.82) is 0 Å². The zero-order chi connectivity index (χ0) is 19.2. The standard InChI is InChI=1S/C20H23N5O2/c1-14-8-9-15(19-13-25(24-23-19)12-17(26)11-21-2)10-18(14)20(27)22-16-6-4-3-5-7-16/h3-10,13,17,21,26H,11-12H2,1-2H3,(H,22,27). The minimum atomic E-state index is -0.547. The van der Waals surface area contributed by atoms with Crippen LogP contribution in [-0.4, -0.2) is 45.7 Å². The van der Waals surface area contributed by atoms with Gasteiger partial charge in [-0.05, 0) is 37.7 Å². The summed E-state index contributed by atoms with van der Waals surface area (Å²) >= 11 is 0. The number of aryl methyl sites for hydroxylation is 1. The number of carbonyl (C=O) groups is 1. The normalized spacial score (nSPS) is 12.0. The highest BCUT2D eigenvalue weighted by Gasteiger charge is 2.13. The molecule has 140 valence electrons. The molecular formula is C20H23N5O2. The monoisotopic (exact) mass is 365 g/mol. The summed E-state index contributed by atoms with van der Waals surface area (Å²) in [5.41, 5.74) is 3.66. The van der Waals surface area contributed by atoms with Crippen molar-refractivity contribution in [2.75, 3.05) is 18.9 Å². The summed E-state index contributed by atoms with van der Waals surface area (Å²) in [6, 6.07) is 15.0. The van der Waals surface area contributed by atoms with Crippen LogP contribution in [0.25, 0.3) is 11.3 Å². The number of amides is 1. The molecule has 0 saturated carbocycles. The molecule has 3 rings (SSSR count). The van der Waals surface area contributed by atoms with Gasteiger partial charge in [-0.1, -0.05) is 35.5 Å². The van der Waals surface area contributed by atoms with E-state index in [-0.39, 0.29) is 5.91 Å². The lowest BCUT2D eigenvalue weighted by Gasteiger charge is -2.09. The number of likely N-dealkylation sites (N-methyl/N-ethyl adjacent to an activating group) is 1. The first-order chi connectivity index (χ1) is 13.1. The van der Waals surface area contributed by atoms with Gasteiger partial charge in [-0.15, -0.1) is 5.10 Å². The molecule has 7 nitrogen and oxygen atoms in total. The van der Waals surface area contributed by atoms with Crippen LogP contribution < -0.4 is 10.6 Å². The van der Waals surface area contributed by atoms with E-state index in [1.807, 2.05) is 55.5 Å². The molecule has 27 heavy (non-hydrogen) atoms. The number of hydrogen-bond acceptors (Lipinski definition) is 5. The van der Waals surface area contributed by atoms with E-state index in [1.54, 1.807) is 17.9 Å². The van der Waals surface area contributed by atoms with E-state index in [0.29, 0.717) is 24.3 Å². The SMILES string of the molecule is CNCC(O)Cn1cc(-c2ccc(C)c(C(=O)Nc3ccccc3)c2)nn1. The Morgan fingerprint density at radius 2 is 2.00 bits per heavy atom. The smallest absolute Gasteiger partial charge is 0.255 e. The van der Waals surface area contributed by atoms with E-state index < -0.39 is 6.10 Å². The molecule has 7 heteroatoms. The molecule has 3 aromatic rings. The second-order valence-corrected chi connectivity index (χ2v) is 6.39. The lowest BCUT2D eigenvalue weighted by atomic mass is 10.0. The maximum atomic E-state index is 12.6. The quantitative estimate of drug-likeness (QED) is 0.596. The van der Waals surface area contributed by atoms with Gasteiger partial charge in [0, 0.05) is 23.4 Å². The molecule has 0 bridgehead atoms. The Kier molecular flexibility index (Phi) is 5.95. The van der Waals surface area contributed by atoms with Crippen molar-refractivity contribution in [3.63, 3.8) is 0 Å². The number of nitrogens with one attached hydrogen (secondary N) is 2. The summed E-state index contributed by atoms with van der Waals surface area (Å²) in [6.45, 7) is 2.72. The Morgan fingerprint density at radius 3 is 2.74 bits per heavy atom. The van der Waals surface area contributed by atoms with Gasteiger partial charge >= 0.3 is 0 Å². The Hall–Kier alpha value is -3.03.